The van der Waals surface area contributed by atoms with E-state index in [-0.39, 0.29) is 37.4 Å². The Morgan fingerprint density at radius 3 is 2.32 bits per heavy atom. The van der Waals surface area contributed by atoms with E-state index in [0.717, 1.165) is 11.7 Å². The minimum atomic E-state index is -0.356. The third-order valence-corrected chi connectivity index (χ3v) is 5.84. The SMILES string of the molecule is COC(=O)COc1ccc(C2CCN(CCC3CCNCC3)CC2)cc1.Cl.Cl. The van der Waals surface area contributed by atoms with Crippen LogP contribution in [0.15, 0.2) is 24.3 Å². The maximum atomic E-state index is 11.1. The number of ether oxygens (including phenoxy) is 2. The number of methoxy groups -OCH3 is 1. The molecule has 0 spiro atoms. The van der Waals surface area contributed by atoms with E-state index >= 15 is 0 Å². The Labute approximate surface area is 181 Å². The quantitative estimate of drug-likeness (QED) is 0.666. The van der Waals surface area contributed by atoms with Crippen LogP contribution in [0, 0.1) is 5.92 Å². The molecule has 7 heteroatoms. The maximum Gasteiger partial charge on any atom is 0.343 e. The Morgan fingerprint density at radius 2 is 1.71 bits per heavy atom. The predicted molar refractivity (Wildman–Crippen MR) is 117 cm³/mol. The van der Waals surface area contributed by atoms with E-state index in [0.29, 0.717) is 5.92 Å². The minimum absolute atomic E-state index is 0. The lowest BCUT2D eigenvalue weighted by Gasteiger charge is -2.33. The van der Waals surface area contributed by atoms with Gasteiger partial charge in [0, 0.05) is 0 Å². The lowest BCUT2D eigenvalue weighted by molar-refractivity contribution is -0.142. The van der Waals surface area contributed by atoms with Crippen molar-refractivity contribution in [3.8, 4) is 5.75 Å². The molecule has 28 heavy (non-hydrogen) atoms. The summed E-state index contributed by atoms with van der Waals surface area (Å²) in [6.07, 6.45) is 6.52. The summed E-state index contributed by atoms with van der Waals surface area (Å²) < 4.78 is 10.0. The number of benzene rings is 1. The zero-order valence-electron chi connectivity index (χ0n) is 16.7. The molecule has 2 fully saturated rings. The molecule has 5 nitrogen and oxygen atoms in total. The van der Waals surface area contributed by atoms with Crippen molar-refractivity contribution in [1.82, 2.24) is 10.2 Å². The summed E-state index contributed by atoms with van der Waals surface area (Å²) in [7, 11) is 1.37. The van der Waals surface area contributed by atoms with Gasteiger partial charge in [0.15, 0.2) is 6.61 Å². The van der Waals surface area contributed by atoms with E-state index in [4.69, 9.17) is 4.74 Å². The molecule has 0 bridgehead atoms. The highest BCUT2D eigenvalue weighted by Crippen LogP contribution is 2.29. The number of nitrogens with zero attached hydrogens (tertiary/aromatic N) is 1. The first-order valence-corrected chi connectivity index (χ1v) is 9.97. The zero-order valence-corrected chi connectivity index (χ0v) is 18.4. The summed E-state index contributed by atoms with van der Waals surface area (Å²) >= 11 is 0. The van der Waals surface area contributed by atoms with Crippen LogP contribution in [0.2, 0.25) is 0 Å². The van der Waals surface area contributed by atoms with Crippen LogP contribution in [0.5, 0.6) is 5.75 Å². The normalized spacial score (nSPS) is 18.6. The summed E-state index contributed by atoms with van der Waals surface area (Å²) in [5.41, 5.74) is 1.38. The van der Waals surface area contributed by atoms with Gasteiger partial charge in [-0.25, -0.2) is 4.79 Å². The van der Waals surface area contributed by atoms with Crippen LogP contribution in [-0.2, 0) is 9.53 Å². The standard InChI is InChI=1S/C21H32N2O3.2ClH/c1-25-21(24)16-26-20-4-2-18(3-5-20)19-9-14-23(15-10-19)13-8-17-6-11-22-12-7-17;;/h2-5,17,19,22H,6-16H2,1H3;2*1H. The number of hydrogen-bond donors (Lipinski definition) is 1. The Morgan fingerprint density at radius 1 is 1.07 bits per heavy atom. The van der Waals surface area contributed by atoms with Crippen LogP contribution in [0.3, 0.4) is 0 Å². The Hall–Kier alpha value is -1.01. The molecule has 1 aromatic rings. The highest BCUT2D eigenvalue weighted by molar-refractivity contribution is 5.85. The van der Waals surface area contributed by atoms with Gasteiger partial charge in [-0.2, -0.15) is 0 Å². The average Bonchev–Trinajstić information content (AvgIpc) is 2.72. The van der Waals surface area contributed by atoms with Crippen LogP contribution in [0.25, 0.3) is 0 Å². The molecule has 2 saturated heterocycles. The van der Waals surface area contributed by atoms with Crippen molar-refractivity contribution in [2.45, 2.75) is 38.0 Å². The Kier molecular flexibility index (Phi) is 11.8. The third kappa shape index (κ3) is 7.78. The van der Waals surface area contributed by atoms with Gasteiger partial charge < -0.3 is 19.7 Å². The fourth-order valence-corrected chi connectivity index (χ4v) is 4.06. The van der Waals surface area contributed by atoms with E-state index in [2.05, 4.69) is 27.1 Å². The number of likely N-dealkylation sites (tertiary alicyclic amines) is 1. The average molecular weight is 433 g/mol. The van der Waals surface area contributed by atoms with Crippen molar-refractivity contribution in [2.24, 2.45) is 5.92 Å². The number of hydrogen-bond acceptors (Lipinski definition) is 5. The Balaban J connectivity index is 0.00000196. The molecule has 0 radical (unpaired) electrons. The number of carbonyl (C=O) groups excluding carboxylic acids is 1. The van der Waals surface area contributed by atoms with Gasteiger partial charge >= 0.3 is 5.97 Å². The zero-order chi connectivity index (χ0) is 18.2. The topological polar surface area (TPSA) is 50.8 Å². The number of rotatable bonds is 7. The van der Waals surface area contributed by atoms with Gasteiger partial charge in [-0.3, -0.25) is 0 Å². The summed E-state index contributed by atoms with van der Waals surface area (Å²) in [4.78, 5) is 13.8. The summed E-state index contributed by atoms with van der Waals surface area (Å²) in [5.74, 6) is 1.93. The molecule has 1 aromatic carbocycles. The molecule has 0 saturated carbocycles. The predicted octanol–water partition coefficient (Wildman–Crippen LogP) is 3.65. The number of carbonyl (C=O) groups is 1. The van der Waals surface area contributed by atoms with Crippen molar-refractivity contribution in [3.05, 3.63) is 29.8 Å². The number of nitrogens with one attached hydrogen (secondary N) is 1. The number of esters is 1. The first kappa shape index (κ1) is 25.0. The third-order valence-electron chi connectivity index (χ3n) is 5.84. The highest BCUT2D eigenvalue weighted by Gasteiger charge is 2.22. The molecule has 2 aliphatic heterocycles. The van der Waals surface area contributed by atoms with Crippen molar-refractivity contribution in [3.63, 3.8) is 0 Å². The number of halogens is 2. The van der Waals surface area contributed by atoms with Crippen LogP contribution >= 0.6 is 24.8 Å². The van der Waals surface area contributed by atoms with Gasteiger partial charge in [-0.05, 0) is 94.4 Å². The molecule has 0 aliphatic carbocycles. The lowest BCUT2D eigenvalue weighted by atomic mass is 9.88. The largest absolute Gasteiger partial charge is 0.482 e. The minimum Gasteiger partial charge on any atom is -0.482 e. The fourth-order valence-electron chi connectivity index (χ4n) is 4.06. The molecular formula is C21H34Cl2N2O3. The van der Waals surface area contributed by atoms with Crippen molar-refractivity contribution in [1.29, 1.82) is 0 Å². The van der Waals surface area contributed by atoms with Gasteiger partial charge in [-0.15, -0.1) is 24.8 Å². The second-order valence-corrected chi connectivity index (χ2v) is 7.53. The fraction of sp³-hybridized carbons (Fsp3) is 0.667. The molecule has 160 valence electrons. The first-order chi connectivity index (χ1) is 12.7. The van der Waals surface area contributed by atoms with E-state index in [9.17, 15) is 4.79 Å². The van der Waals surface area contributed by atoms with Crippen molar-refractivity contribution < 1.29 is 14.3 Å². The second kappa shape index (κ2) is 13.3. The van der Waals surface area contributed by atoms with Gasteiger partial charge in [-0.1, -0.05) is 12.1 Å². The molecule has 0 amide bonds. The molecule has 0 aromatic heterocycles. The number of piperidine rings is 2. The van der Waals surface area contributed by atoms with Crippen molar-refractivity contribution >= 4 is 30.8 Å². The maximum absolute atomic E-state index is 11.1. The summed E-state index contributed by atoms with van der Waals surface area (Å²) in [5, 5.41) is 3.45. The van der Waals surface area contributed by atoms with Gasteiger partial charge in [0.05, 0.1) is 7.11 Å². The van der Waals surface area contributed by atoms with Gasteiger partial charge in [0.2, 0.25) is 0 Å². The van der Waals surface area contributed by atoms with Crippen LogP contribution in [0.1, 0.15) is 43.6 Å². The van der Waals surface area contributed by atoms with E-state index in [1.165, 1.54) is 77.5 Å². The van der Waals surface area contributed by atoms with E-state index in [1.54, 1.807) is 0 Å². The molecule has 0 unspecified atom stereocenters. The highest BCUT2D eigenvalue weighted by atomic mass is 35.5. The molecule has 3 rings (SSSR count). The molecular weight excluding hydrogens is 399 g/mol. The second-order valence-electron chi connectivity index (χ2n) is 7.53. The monoisotopic (exact) mass is 432 g/mol. The summed E-state index contributed by atoms with van der Waals surface area (Å²) in [6, 6.07) is 8.20. The van der Waals surface area contributed by atoms with Gasteiger partial charge in [0.25, 0.3) is 0 Å². The first-order valence-electron chi connectivity index (χ1n) is 9.97. The lowest BCUT2D eigenvalue weighted by Crippen LogP contribution is -2.36. The Bertz CT molecular complexity index is 557. The van der Waals surface area contributed by atoms with E-state index in [1.807, 2.05) is 12.1 Å². The van der Waals surface area contributed by atoms with Gasteiger partial charge in [0.1, 0.15) is 5.75 Å². The van der Waals surface area contributed by atoms with E-state index < -0.39 is 0 Å². The van der Waals surface area contributed by atoms with Crippen molar-refractivity contribution in [2.75, 3.05) is 46.4 Å². The molecule has 0 atom stereocenters. The van der Waals surface area contributed by atoms with Crippen LogP contribution in [-0.4, -0.2) is 57.3 Å². The summed E-state index contributed by atoms with van der Waals surface area (Å²) in [6.45, 7) is 6.04. The smallest absolute Gasteiger partial charge is 0.343 e. The molecule has 2 aliphatic rings. The van der Waals surface area contributed by atoms with Crippen LogP contribution < -0.4 is 10.1 Å². The van der Waals surface area contributed by atoms with Crippen LogP contribution in [0.4, 0.5) is 0 Å². The molecule has 2 heterocycles. The molecule has 1 N–H and O–H groups in total.